The Hall–Kier alpha value is -3.20. The van der Waals surface area contributed by atoms with E-state index in [9.17, 15) is 18.4 Å². The van der Waals surface area contributed by atoms with Crippen LogP contribution in [0, 0.1) is 0 Å². The largest absolute Gasteiger partial charge is 0.478 e. The molecule has 7 nitrogen and oxygen atoms in total. The molecule has 1 aliphatic rings. The number of nitrogens with zero attached hydrogens (tertiary/aromatic N) is 1. The highest BCUT2D eigenvalue weighted by Crippen LogP contribution is 2.27. The number of carboxylic acid groups (broad SMARTS) is 1. The van der Waals surface area contributed by atoms with Crippen LogP contribution >= 0.6 is 0 Å². The van der Waals surface area contributed by atoms with Crippen molar-refractivity contribution in [1.29, 1.82) is 0 Å². The molecule has 1 saturated heterocycles. The van der Waals surface area contributed by atoms with E-state index in [-0.39, 0.29) is 24.8 Å². The van der Waals surface area contributed by atoms with E-state index in [4.69, 9.17) is 9.84 Å². The van der Waals surface area contributed by atoms with Gasteiger partial charge in [-0.25, -0.2) is 9.59 Å². The summed E-state index contributed by atoms with van der Waals surface area (Å²) in [5, 5.41) is 11.8. The molecule has 160 valence electrons. The van der Waals surface area contributed by atoms with Gasteiger partial charge in [-0.05, 0) is 36.2 Å². The van der Waals surface area contributed by atoms with E-state index >= 15 is 0 Å². The van der Waals surface area contributed by atoms with E-state index in [1.165, 1.54) is 12.1 Å². The van der Waals surface area contributed by atoms with Crippen LogP contribution in [0.1, 0.15) is 22.3 Å². The number of nitrogens with one attached hydrogen (secondary N) is 1. The standard InChI is InChI=1S/C21H22F2N2O5/c22-20(23)29-13-18-10-16(24-21(28)30-12-14-4-2-1-3-5-14)11-25(18)17-8-6-15(7-9-17)19(26)27/h1-9,16,18,20H,10-13H2,(H,24,28)(H,26,27)/t16-,18-/m0/s1. The van der Waals surface area contributed by atoms with Crippen molar-refractivity contribution in [2.24, 2.45) is 0 Å². The fourth-order valence-electron chi connectivity index (χ4n) is 3.41. The quantitative estimate of drug-likeness (QED) is 0.680. The first-order valence-corrected chi connectivity index (χ1v) is 9.39. The van der Waals surface area contributed by atoms with Crippen molar-refractivity contribution < 1.29 is 33.0 Å². The fraction of sp³-hybridized carbons (Fsp3) is 0.333. The first-order chi connectivity index (χ1) is 14.4. The van der Waals surface area contributed by atoms with Gasteiger partial charge < -0.3 is 24.8 Å². The molecule has 0 aromatic heterocycles. The number of alkyl halides is 2. The Kier molecular flexibility index (Phi) is 7.18. The van der Waals surface area contributed by atoms with E-state index < -0.39 is 24.7 Å². The molecule has 30 heavy (non-hydrogen) atoms. The number of rotatable bonds is 8. The topological polar surface area (TPSA) is 88.1 Å². The zero-order valence-electron chi connectivity index (χ0n) is 16.0. The van der Waals surface area contributed by atoms with Gasteiger partial charge in [-0.3, -0.25) is 0 Å². The van der Waals surface area contributed by atoms with Gasteiger partial charge in [0.05, 0.1) is 24.3 Å². The molecule has 2 atom stereocenters. The highest BCUT2D eigenvalue weighted by atomic mass is 19.3. The van der Waals surface area contributed by atoms with Gasteiger partial charge in [0.25, 0.3) is 0 Å². The van der Waals surface area contributed by atoms with Crippen molar-refractivity contribution in [1.82, 2.24) is 5.32 Å². The molecule has 2 aromatic rings. The third kappa shape index (κ3) is 5.90. The van der Waals surface area contributed by atoms with Gasteiger partial charge in [0.15, 0.2) is 0 Å². The maximum Gasteiger partial charge on any atom is 0.407 e. The Balaban J connectivity index is 1.62. The summed E-state index contributed by atoms with van der Waals surface area (Å²) in [6.45, 7) is -2.65. The molecule has 0 radical (unpaired) electrons. The molecule has 2 aromatic carbocycles. The van der Waals surface area contributed by atoms with Crippen LogP contribution in [0.5, 0.6) is 0 Å². The monoisotopic (exact) mass is 420 g/mol. The third-order valence-electron chi connectivity index (χ3n) is 4.81. The third-order valence-corrected chi connectivity index (χ3v) is 4.81. The number of amides is 1. The zero-order valence-corrected chi connectivity index (χ0v) is 16.0. The number of ether oxygens (including phenoxy) is 2. The Morgan fingerprint density at radius 3 is 2.47 bits per heavy atom. The molecule has 1 aliphatic heterocycles. The number of carbonyl (C=O) groups is 2. The summed E-state index contributed by atoms with van der Waals surface area (Å²) in [6, 6.07) is 14.6. The number of aromatic carboxylic acids is 1. The van der Waals surface area contributed by atoms with Crippen molar-refractivity contribution in [2.45, 2.75) is 31.7 Å². The second-order valence-electron chi connectivity index (χ2n) is 6.89. The summed E-state index contributed by atoms with van der Waals surface area (Å²) in [5.41, 5.74) is 1.63. The van der Waals surface area contributed by atoms with Gasteiger partial charge >= 0.3 is 18.7 Å². The summed E-state index contributed by atoms with van der Waals surface area (Å²) in [4.78, 5) is 25.0. The lowest BCUT2D eigenvalue weighted by Crippen LogP contribution is -2.37. The molecule has 1 heterocycles. The van der Waals surface area contributed by atoms with E-state index in [1.54, 1.807) is 12.1 Å². The molecule has 0 aliphatic carbocycles. The van der Waals surface area contributed by atoms with Crippen molar-refractivity contribution in [3.63, 3.8) is 0 Å². The van der Waals surface area contributed by atoms with Gasteiger partial charge in [-0.2, -0.15) is 8.78 Å². The number of halogens is 2. The molecule has 2 N–H and O–H groups in total. The second kappa shape index (κ2) is 10.0. The van der Waals surface area contributed by atoms with Crippen molar-refractivity contribution >= 4 is 17.7 Å². The van der Waals surface area contributed by atoms with Gasteiger partial charge in [0.1, 0.15) is 6.61 Å². The summed E-state index contributed by atoms with van der Waals surface area (Å²) in [6.07, 6.45) is -0.214. The minimum absolute atomic E-state index is 0.123. The van der Waals surface area contributed by atoms with Crippen LogP contribution in [0.25, 0.3) is 0 Å². The van der Waals surface area contributed by atoms with Crippen molar-refractivity contribution in [3.05, 3.63) is 65.7 Å². The molecule has 0 saturated carbocycles. The maximum absolute atomic E-state index is 12.5. The van der Waals surface area contributed by atoms with Crippen LogP contribution in [-0.2, 0) is 16.1 Å². The number of benzene rings is 2. The van der Waals surface area contributed by atoms with Crippen LogP contribution in [0.2, 0.25) is 0 Å². The van der Waals surface area contributed by atoms with E-state index in [0.29, 0.717) is 18.7 Å². The van der Waals surface area contributed by atoms with Crippen LogP contribution in [-0.4, -0.2) is 49.0 Å². The highest BCUT2D eigenvalue weighted by molar-refractivity contribution is 5.88. The number of carbonyl (C=O) groups excluding carboxylic acids is 1. The van der Waals surface area contributed by atoms with Gasteiger partial charge in [0, 0.05) is 12.2 Å². The average Bonchev–Trinajstić information content (AvgIpc) is 3.14. The highest BCUT2D eigenvalue weighted by Gasteiger charge is 2.34. The van der Waals surface area contributed by atoms with Crippen LogP contribution in [0.3, 0.4) is 0 Å². The van der Waals surface area contributed by atoms with E-state index in [2.05, 4.69) is 10.1 Å². The summed E-state index contributed by atoms with van der Waals surface area (Å²) in [7, 11) is 0. The average molecular weight is 420 g/mol. The van der Waals surface area contributed by atoms with E-state index in [0.717, 1.165) is 5.56 Å². The summed E-state index contributed by atoms with van der Waals surface area (Å²) >= 11 is 0. The minimum atomic E-state index is -2.90. The lowest BCUT2D eigenvalue weighted by Gasteiger charge is -2.26. The van der Waals surface area contributed by atoms with Gasteiger partial charge in [0.2, 0.25) is 0 Å². The van der Waals surface area contributed by atoms with E-state index in [1.807, 2.05) is 35.2 Å². The zero-order chi connectivity index (χ0) is 21.5. The van der Waals surface area contributed by atoms with Crippen molar-refractivity contribution in [2.75, 3.05) is 18.1 Å². The van der Waals surface area contributed by atoms with Gasteiger partial charge in [-0.1, -0.05) is 30.3 Å². The number of carboxylic acids is 1. The van der Waals surface area contributed by atoms with Gasteiger partial charge in [-0.15, -0.1) is 0 Å². The smallest absolute Gasteiger partial charge is 0.407 e. The Bertz CT molecular complexity index is 848. The molecular weight excluding hydrogens is 398 g/mol. The Morgan fingerprint density at radius 1 is 1.13 bits per heavy atom. The fourth-order valence-corrected chi connectivity index (χ4v) is 3.41. The lowest BCUT2D eigenvalue weighted by molar-refractivity contribution is -0.131. The number of alkyl carbamates (subject to hydrolysis) is 1. The predicted molar refractivity (Wildman–Crippen MR) is 105 cm³/mol. The number of hydrogen-bond donors (Lipinski definition) is 2. The Morgan fingerprint density at radius 2 is 1.83 bits per heavy atom. The molecule has 3 rings (SSSR count). The SMILES string of the molecule is O=C(N[C@H]1C[C@@H](COC(F)F)N(c2ccc(C(=O)O)cc2)C1)OCc1ccccc1. The summed E-state index contributed by atoms with van der Waals surface area (Å²) < 4.78 is 34.8. The minimum Gasteiger partial charge on any atom is -0.478 e. The molecular formula is C21H22F2N2O5. The van der Waals surface area contributed by atoms with Crippen LogP contribution < -0.4 is 10.2 Å². The molecule has 1 amide bonds. The number of anilines is 1. The first kappa shape index (κ1) is 21.5. The molecule has 0 spiro atoms. The molecule has 0 bridgehead atoms. The van der Waals surface area contributed by atoms with Crippen LogP contribution in [0.4, 0.5) is 19.3 Å². The maximum atomic E-state index is 12.5. The lowest BCUT2D eigenvalue weighted by atomic mass is 10.1. The second-order valence-corrected chi connectivity index (χ2v) is 6.89. The predicted octanol–water partition coefficient (Wildman–Crippen LogP) is 3.50. The number of hydrogen-bond acceptors (Lipinski definition) is 5. The summed E-state index contributed by atoms with van der Waals surface area (Å²) in [5.74, 6) is -1.05. The molecule has 9 heteroatoms. The molecule has 0 unspecified atom stereocenters. The van der Waals surface area contributed by atoms with Crippen LogP contribution in [0.15, 0.2) is 54.6 Å². The molecule has 1 fully saturated rings. The normalized spacial score (nSPS) is 18.4. The Labute approximate surface area is 172 Å². The van der Waals surface area contributed by atoms with Crippen molar-refractivity contribution in [3.8, 4) is 0 Å². The first-order valence-electron chi connectivity index (χ1n) is 9.39.